The molecule has 0 saturated heterocycles. The molecule has 37 heavy (non-hydrogen) atoms. The van der Waals surface area contributed by atoms with Crippen molar-refractivity contribution in [1.29, 1.82) is 0 Å². The van der Waals surface area contributed by atoms with Gasteiger partial charge in [0.15, 0.2) is 0 Å². The quantitative estimate of drug-likeness (QED) is 0.163. The van der Waals surface area contributed by atoms with Gasteiger partial charge in [0.25, 0.3) is 5.69 Å². The Morgan fingerprint density at radius 2 is 1.68 bits per heavy atom. The molecule has 0 aliphatic carbocycles. The summed E-state index contributed by atoms with van der Waals surface area (Å²) in [5.41, 5.74) is 2.40. The van der Waals surface area contributed by atoms with Crippen molar-refractivity contribution in [2.75, 3.05) is 13.2 Å². The predicted molar refractivity (Wildman–Crippen MR) is 139 cm³/mol. The van der Waals surface area contributed by atoms with Crippen molar-refractivity contribution in [2.24, 2.45) is 0 Å². The lowest BCUT2D eigenvalue weighted by molar-refractivity contribution is -0.384. The Bertz CT molecular complexity index is 1500. The fourth-order valence-corrected chi connectivity index (χ4v) is 5.63. The Labute approximate surface area is 215 Å². The molecule has 1 aromatic heterocycles. The number of para-hydroxylation sites is 1. The van der Waals surface area contributed by atoms with E-state index >= 15 is 0 Å². The number of sulfonamides is 1. The summed E-state index contributed by atoms with van der Waals surface area (Å²) in [6.45, 7) is 2.41. The van der Waals surface area contributed by atoms with Crippen LogP contribution >= 0.6 is 0 Å². The number of rotatable bonds is 11. The molecule has 4 aromatic rings. The lowest BCUT2D eigenvalue weighted by Crippen LogP contribution is -2.32. The van der Waals surface area contributed by atoms with E-state index in [1.54, 1.807) is 6.92 Å². The number of carbonyl (C=O) groups is 1. The van der Waals surface area contributed by atoms with Crippen LogP contribution < -0.4 is 0 Å². The molecule has 0 unspecified atom stereocenters. The molecular formula is C27H27N3O6S. The summed E-state index contributed by atoms with van der Waals surface area (Å²) in [5, 5.41) is 12.0. The zero-order chi connectivity index (χ0) is 26.4. The van der Waals surface area contributed by atoms with Crippen molar-refractivity contribution < 1.29 is 22.9 Å². The number of carbonyl (C=O) groups excluding carboxylic acids is 1. The maximum atomic E-state index is 13.6. The van der Waals surface area contributed by atoms with E-state index in [2.05, 4.69) is 0 Å². The molecule has 0 fully saturated rings. The molecule has 1 heterocycles. The molecule has 0 radical (unpaired) electrons. The van der Waals surface area contributed by atoms with E-state index in [-0.39, 0.29) is 36.2 Å². The molecular weight excluding hydrogens is 494 g/mol. The lowest BCUT2D eigenvalue weighted by atomic mass is 10.1. The van der Waals surface area contributed by atoms with Crippen LogP contribution in [0.1, 0.15) is 18.1 Å². The summed E-state index contributed by atoms with van der Waals surface area (Å²) >= 11 is 0. The minimum atomic E-state index is -3.95. The molecule has 10 heteroatoms. The molecule has 4 rings (SSSR count). The smallest absolute Gasteiger partial charge is 0.325 e. The molecule has 0 atom stereocenters. The van der Waals surface area contributed by atoms with E-state index in [9.17, 15) is 23.3 Å². The second-order valence-corrected chi connectivity index (χ2v) is 10.4. The monoisotopic (exact) mass is 521 g/mol. The van der Waals surface area contributed by atoms with Gasteiger partial charge in [-0.3, -0.25) is 14.9 Å². The summed E-state index contributed by atoms with van der Waals surface area (Å²) < 4.78 is 35.5. The molecule has 0 aliphatic heterocycles. The first kappa shape index (κ1) is 26.1. The number of ether oxygens (including phenoxy) is 1. The zero-order valence-corrected chi connectivity index (χ0v) is 21.1. The average Bonchev–Trinajstić information content (AvgIpc) is 3.24. The van der Waals surface area contributed by atoms with Crippen molar-refractivity contribution >= 4 is 32.6 Å². The molecule has 3 aromatic carbocycles. The van der Waals surface area contributed by atoms with Gasteiger partial charge in [-0.25, -0.2) is 8.42 Å². The van der Waals surface area contributed by atoms with Gasteiger partial charge in [-0.05, 0) is 42.7 Å². The highest BCUT2D eigenvalue weighted by Gasteiger charge is 2.26. The van der Waals surface area contributed by atoms with Gasteiger partial charge in [-0.15, -0.1) is 0 Å². The van der Waals surface area contributed by atoms with E-state index in [1.807, 2.05) is 65.4 Å². The maximum Gasteiger partial charge on any atom is 0.325 e. The summed E-state index contributed by atoms with van der Waals surface area (Å²) in [5.74, 6) is -0.346. The van der Waals surface area contributed by atoms with Crippen molar-refractivity contribution in [3.8, 4) is 0 Å². The fraction of sp³-hybridized carbons (Fsp3) is 0.222. The number of fused-ring (bicyclic) bond motifs is 1. The van der Waals surface area contributed by atoms with Crippen molar-refractivity contribution in [3.63, 3.8) is 0 Å². The highest BCUT2D eigenvalue weighted by molar-refractivity contribution is 7.89. The third-order valence-corrected chi connectivity index (χ3v) is 7.85. The van der Waals surface area contributed by atoms with Crippen LogP contribution in [0.5, 0.6) is 0 Å². The van der Waals surface area contributed by atoms with E-state index in [4.69, 9.17) is 4.74 Å². The Balaban J connectivity index is 1.64. The van der Waals surface area contributed by atoms with Crippen LogP contribution in [0.3, 0.4) is 0 Å². The number of esters is 1. The lowest BCUT2D eigenvalue weighted by Gasteiger charge is -2.22. The number of nitrogens with zero attached hydrogens (tertiary/aromatic N) is 3. The van der Waals surface area contributed by atoms with Crippen molar-refractivity contribution in [2.45, 2.75) is 31.3 Å². The summed E-state index contributed by atoms with van der Waals surface area (Å²) in [7, 11) is -3.95. The number of benzene rings is 3. The summed E-state index contributed by atoms with van der Waals surface area (Å²) in [6.07, 6.45) is 2.26. The molecule has 0 spiro atoms. The molecule has 0 saturated carbocycles. The van der Waals surface area contributed by atoms with Crippen LogP contribution in [-0.2, 0) is 39.1 Å². The standard InChI is InChI=1S/C27H27N3O6S/c1-2-36-27(31)20-28-19-22(25-10-6-7-11-26(25)28)16-17-29(18-21-8-4-3-5-9-21)37(34,35)24-14-12-23(13-15-24)30(32)33/h3-15,19H,2,16-18,20H2,1H3. The summed E-state index contributed by atoms with van der Waals surface area (Å²) in [4.78, 5) is 22.6. The Kier molecular flexibility index (Phi) is 8.00. The van der Waals surface area contributed by atoms with Gasteiger partial charge in [0.2, 0.25) is 10.0 Å². The largest absolute Gasteiger partial charge is 0.465 e. The van der Waals surface area contributed by atoms with Crippen molar-refractivity contribution in [1.82, 2.24) is 8.87 Å². The van der Waals surface area contributed by atoms with E-state index in [0.29, 0.717) is 13.0 Å². The van der Waals surface area contributed by atoms with Crippen LogP contribution in [0, 0.1) is 10.1 Å². The van der Waals surface area contributed by atoms with Gasteiger partial charge in [-0.2, -0.15) is 4.31 Å². The van der Waals surface area contributed by atoms with Crippen molar-refractivity contribution in [3.05, 3.63) is 106 Å². The van der Waals surface area contributed by atoms with Gasteiger partial charge in [0.1, 0.15) is 6.54 Å². The minimum absolute atomic E-state index is 0.0150. The molecule has 0 bridgehead atoms. The number of nitro benzene ring substituents is 1. The van der Waals surface area contributed by atoms with Gasteiger partial charge < -0.3 is 9.30 Å². The molecule has 0 N–H and O–H groups in total. The average molecular weight is 522 g/mol. The fourth-order valence-electron chi connectivity index (χ4n) is 4.20. The first-order chi connectivity index (χ1) is 17.8. The number of aromatic nitrogens is 1. The molecule has 0 amide bonds. The normalized spacial score (nSPS) is 11.6. The number of non-ortho nitro benzene ring substituents is 1. The zero-order valence-electron chi connectivity index (χ0n) is 20.3. The maximum absolute atomic E-state index is 13.6. The van der Waals surface area contributed by atoms with Gasteiger partial charge in [0.05, 0.1) is 16.4 Å². The first-order valence-electron chi connectivity index (χ1n) is 11.8. The van der Waals surface area contributed by atoms with E-state index < -0.39 is 14.9 Å². The summed E-state index contributed by atoms with van der Waals surface area (Å²) in [6, 6.07) is 21.8. The van der Waals surface area contributed by atoms with Crippen LogP contribution in [0.2, 0.25) is 0 Å². The third kappa shape index (κ3) is 6.04. The third-order valence-electron chi connectivity index (χ3n) is 5.99. The van der Waals surface area contributed by atoms with Crippen LogP contribution in [0.25, 0.3) is 10.9 Å². The second-order valence-electron chi connectivity index (χ2n) is 8.43. The number of hydrogen-bond acceptors (Lipinski definition) is 6. The Hall–Kier alpha value is -4.02. The van der Waals surface area contributed by atoms with E-state index in [0.717, 1.165) is 22.0 Å². The highest BCUT2D eigenvalue weighted by Crippen LogP contribution is 2.25. The Morgan fingerprint density at radius 1 is 1.00 bits per heavy atom. The van der Waals surface area contributed by atoms with Crippen LogP contribution in [0.4, 0.5) is 5.69 Å². The molecule has 9 nitrogen and oxygen atoms in total. The van der Waals surface area contributed by atoms with Crippen LogP contribution in [-0.4, -0.2) is 41.3 Å². The second kappa shape index (κ2) is 11.4. The number of nitro groups is 1. The van der Waals surface area contributed by atoms with Gasteiger partial charge in [0, 0.05) is 42.3 Å². The van der Waals surface area contributed by atoms with Gasteiger partial charge in [-0.1, -0.05) is 48.5 Å². The van der Waals surface area contributed by atoms with E-state index in [1.165, 1.54) is 28.6 Å². The predicted octanol–water partition coefficient (Wildman–Crippen LogP) is 4.55. The highest BCUT2D eigenvalue weighted by atomic mass is 32.2. The number of hydrogen-bond donors (Lipinski definition) is 0. The Morgan fingerprint density at radius 3 is 2.35 bits per heavy atom. The minimum Gasteiger partial charge on any atom is -0.465 e. The van der Waals surface area contributed by atoms with Crippen LogP contribution in [0.15, 0.2) is 90.0 Å². The SMILES string of the molecule is CCOC(=O)Cn1cc(CCN(Cc2ccccc2)S(=O)(=O)c2ccc([N+](=O)[O-])cc2)c2ccccc21. The molecule has 192 valence electrons. The van der Waals surface area contributed by atoms with Gasteiger partial charge >= 0.3 is 5.97 Å². The first-order valence-corrected chi connectivity index (χ1v) is 13.2. The molecule has 0 aliphatic rings. The topological polar surface area (TPSA) is 112 Å².